The number of alkyl halides is 2. The standard InChI is InChI=1S/C8H10F2N2O2/c9-8(10)7-5(3-13)4(1-11)6(14)2-12-7/h2,8,13-14H,1,3,11H2. The maximum Gasteiger partial charge on any atom is 0.280 e. The summed E-state index contributed by atoms with van der Waals surface area (Å²) in [5.41, 5.74) is 4.73. The fraction of sp³-hybridized carbons (Fsp3) is 0.375. The van der Waals surface area contributed by atoms with Crippen molar-refractivity contribution in [3.05, 3.63) is 23.0 Å². The minimum absolute atomic E-state index is 0.0949. The van der Waals surface area contributed by atoms with Crippen molar-refractivity contribution in [3.63, 3.8) is 0 Å². The van der Waals surface area contributed by atoms with Gasteiger partial charge < -0.3 is 15.9 Å². The third-order valence-electron chi connectivity index (χ3n) is 1.88. The molecular weight excluding hydrogens is 194 g/mol. The number of hydrogen-bond acceptors (Lipinski definition) is 4. The van der Waals surface area contributed by atoms with Crippen LogP contribution in [0.25, 0.3) is 0 Å². The first-order valence-electron chi connectivity index (χ1n) is 3.90. The highest BCUT2D eigenvalue weighted by atomic mass is 19.3. The van der Waals surface area contributed by atoms with Gasteiger partial charge in [-0.15, -0.1) is 0 Å². The molecular formula is C8H10F2N2O2. The Morgan fingerprint density at radius 1 is 1.43 bits per heavy atom. The fourth-order valence-electron chi connectivity index (χ4n) is 1.19. The molecule has 1 rings (SSSR count). The molecule has 0 fully saturated rings. The van der Waals surface area contributed by atoms with Crippen molar-refractivity contribution in [2.45, 2.75) is 19.6 Å². The van der Waals surface area contributed by atoms with Crippen LogP contribution in [0, 0.1) is 0 Å². The Morgan fingerprint density at radius 2 is 2.07 bits per heavy atom. The second kappa shape index (κ2) is 4.30. The molecule has 0 saturated heterocycles. The highest BCUT2D eigenvalue weighted by Gasteiger charge is 2.19. The molecule has 0 bridgehead atoms. The molecule has 0 unspecified atom stereocenters. The van der Waals surface area contributed by atoms with Gasteiger partial charge in [0.05, 0.1) is 12.8 Å². The molecule has 0 aliphatic rings. The molecule has 14 heavy (non-hydrogen) atoms. The number of rotatable bonds is 3. The predicted octanol–water partition coefficient (Wildman–Crippen LogP) is 0.676. The number of aliphatic hydroxyl groups is 1. The van der Waals surface area contributed by atoms with Crippen molar-refractivity contribution in [2.24, 2.45) is 5.73 Å². The third-order valence-corrected chi connectivity index (χ3v) is 1.88. The van der Waals surface area contributed by atoms with Crippen LogP contribution in [-0.2, 0) is 13.2 Å². The maximum atomic E-state index is 12.4. The third kappa shape index (κ3) is 1.80. The summed E-state index contributed by atoms with van der Waals surface area (Å²) in [6.45, 7) is -0.739. The molecule has 1 heterocycles. The van der Waals surface area contributed by atoms with E-state index in [1.54, 1.807) is 0 Å². The summed E-state index contributed by atoms with van der Waals surface area (Å²) in [4.78, 5) is 3.34. The van der Waals surface area contributed by atoms with Crippen LogP contribution < -0.4 is 5.73 Å². The quantitative estimate of drug-likeness (QED) is 0.676. The van der Waals surface area contributed by atoms with Gasteiger partial charge >= 0.3 is 0 Å². The van der Waals surface area contributed by atoms with Crippen LogP contribution in [0.2, 0.25) is 0 Å². The average molecular weight is 204 g/mol. The molecule has 6 heteroatoms. The van der Waals surface area contributed by atoms with Gasteiger partial charge in [-0.2, -0.15) is 0 Å². The van der Waals surface area contributed by atoms with Gasteiger partial charge in [0.15, 0.2) is 0 Å². The van der Waals surface area contributed by atoms with E-state index in [2.05, 4.69) is 4.98 Å². The lowest BCUT2D eigenvalue weighted by molar-refractivity contribution is 0.141. The van der Waals surface area contributed by atoms with Gasteiger partial charge in [0, 0.05) is 17.7 Å². The van der Waals surface area contributed by atoms with Crippen molar-refractivity contribution in [1.29, 1.82) is 0 Å². The number of halogens is 2. The van der Waals surface area contributed by atoms with Gasteiger partial charge in [-0.3, -0.25) is 4.98 Å². The Hall–Kier alpha value is -1.27. The minimum Gasteiger partial charge on any atom is -0.506 e. The summed E-state index contributed by atoms with van der Waals surface area (Å²) in [5, 5.41) is 18.1. The Bertz CT molecular complexity index is 331. The first-order chi connectivity index (χ1) is 6.61. The molecule has 0 radical (unpaired) electrons. The van der Waals surface area contributed by atoms with Crippen molar-refractivity contribution in [2.75, 3.05) is 0 Å². The normalized spacial score (nSPS) is 10.9. The number of aromatic hydroxyl groups is 1. The summed E-state index contributed by atoms with van der Waals surface area (Å²) >= 11 is 0. The lowest BCUT2D eigenvalue weighted by Gasteiger charge is -2.11. The summed E-state index contributed by atoms with van der Waals surface area (Å²) in [6, 6.07) is 0. The van der Waals surface area contributed by atoms with E-state index in [1.807, 2.05) is 0 Å². The Kier molecular flexibility index (Phi) is 3.32. The van der Waals surface area contributed by atoms with Crippen LogP contribution in [0.5, 0.6) is 5.75 Å². The lowest BCUT2D eigenvalue weighted by atomic mass is 10.1. The topological polar surface area (TPSA) is 79.4 Å². The van der Waals surface area contributed by atoms with Crippen molar-refractivity contribution >= 4 is 0 Å². The van der Waals surface area contributed by atoms with E-state index in [-0.39, 0.29) is 23.4 Å². The molecule has 78 valence electrons. The zero-order chi connectivity index (χ0) is 10.7. The molecule has 0 saturated carbocycles. The molecule has 4 N–H and O–H groups in total. The van der Waals surface area contributed by atoms with Gasteiger partial charge in [-0.05, 0) is 0 Å². The zero-order valence-corrected chi connectivity index (χ0v) is 7.24. The fourth-order valence-corrected chi connectivity index (χ4v) is 1.19. The number of nitrogens with two attached hydrogens (primary N) is 1. The lowest BCUT2D eigenvalue weighted by Crippen LogP contribution is -2.07. The summed E-state index contributed by atoms with van der Waals surface area (Å²) in [5.74, 6) is -0.277. The second-order valence-corrected chi connectivity index (χ2v) is 2.65. The summed E-state index contributed by atoms with van der Waals surface area (Å²) < 4.78 is 24.7. The first kappa shape index (κ1) is 10.8. The molecule has 0 spiro atoms. The van der Waals surface area contributed by atoms with Gasteiger partial charge in [0.2, 0.25) is 0 Å². The van der Waals surface area contributed by atoms with E-state index in [4.69, 9.17) is 10.8 Å². The van der Waals surface area contributed by atoms with Gasteiger partial charge in [-0.1, -0.05) is 0 Å². The van der Waals surface area contributed by atoms with E-state index in [0.717, 1.165) is 6.20 Å². The molecule has 0 aliphatic carbocycles. The van der Waals surface area contributed by atoms with Crippen LogP contribution in [0.15, 0.2) is 6.20 Å². The number of hydrogen-bond donors (Lipinski definition) is 3. The van der Waals surface area contributed by atoms with E-state index >= 15 is 0 Å². The van der Waals surface area contributed by atoms with E-state index in [1.165, 1.54) is 0 Å². The van der Waals surface area contributed by atoms with E-state index < -0.39 is 18.7 Å². The molecule has 1 aromatic heterocycles. The number of aliphatic hydroxyl groups excluding tert-OH is 1. The van der Waals surface area contributed by atoms with Crippen LogP contribution in [-0.4, -0.2) is 15.2 Å². The van der Waals surface area contributed by atoms with Gasteiger partial charge in [0.25, 0.3) is 6.43 Å². The predicted molar refractivity (Wildman–Crippen MR) is 44.7 cm³/mol. The molecule has 4 nitrogen and oxygen atoms in total. The van der Waals surface area contributed by atoms with E-state index in [0.29, 0.717) is 0 Å². The Balaban J connectivity index is 3.33. The minimum atomic E-state index is -2.79. The van der Waals surface area contributed by atoms with Gasteiger partial charge in [0.1, 0.15) is 11.4 Å². The highest BCUT2D eigenvalue weighted by Crippen LogP contribution is 2.28. The van der Waals surface area contributed by atoms with Crippen LogP contribution >= 0.6 is 0 Å². The van der Waals surface area contributed by atoms with Gasteiger partial charge in [-0.25, -0.2) is 8.78 Å². The number of nitrogens with zero attached hydrogens (tertiary/aromatic N) is 1. The van der Waals surface area contributed by atoms with Crippen LogP contribution in [0.3, 0.4) is 0 Å². The molecule has 0 atom stereocenters. The SMILES string of the molecule is NCc1c(O)cnc(C(F)F)c1CO. The molecule has 1 aromatic rings. The average Bonchev–Trinajstić information content (AvgIpc) is 2.16. The number of pyridine rings is 1. The summed E-state index contributed by atoms with van der Waals surface area (Å²) in [7, 11) is 0. The molecule has 0 aromatic carbocycles. The van der Waals surface area contributed by atoms with Crippen LogP contribution in [0.4, 0.5) is 8.78 Å². The highest BCUT2D eigenvalue weighted by molar-refractivity contribution is 5.40. The monoisotopic (exact) mass is 204 g/mol. The van der Waals surface area contributed by atoms with Crippen molar-refractivity contribution in [1.82, 2.24) is 4.98 Å². The molecule has 0 amide bonds. The zero-order valence-electron chi connectivity index (χ0n) is 7.24. The second-order valence-electron chi connectivity index (χ2n) is 2.65. The van der Waals surface area contributed by atoms with Crippen molar-refractivity contribution < 1.29 is 19.0 Å². The largest absolute Gasteiger partial charge is 0.506 e. The van der Waals surface area contributed by atoms with Crippen LogP contribution in [0.1, 0.15) is 23.2 Å². The first-order valence-corrected chi connectivity index (χ1v) is 3.90. The Labute approximate surface area is 79.0 Å². The van der Waals surface area contributed by atoms with E-state index in [9.17, 15) is 13.9 Å². The maximum absolute atomic E-state index is 12.4. The Morgan fingerprint density at radius 3 is 2.50 bits per heavy atom. The molecule has 0 aliphatic heterocycles. The smallest absolute Gasteiger partial charge is 0.280 e. The van der Waals surface area contributed by atoms with Crippen molar-refractivity contribution in [3.8, 4) is 5.75 Å². The summed E-state index contributed by atoms with van der Waals surface area (Å²) in [6.07, 6.45) is -1.88. The number of aromatic nitrogens is 1.